The van der Waals surface area contributed by atoms with Gasteiger partial charge in [-0.25, -0.2) is 4.39 Å². The summed E-state index contributed by atoms with van der Waals surface area (Å²) in [6, 6.07) is 4.23. The summed E-state index contributed by atoms with van der Waals surface area (Å²) >= 11 is 0. The minimum absolute atomic E-state index is 0.0104. The number of nitrogens with one attached hydrogen (secondary N) is 2. The van der Waals surface area contributed by atoms with Crippen molar-refractivity contribution in [3.63, 3.8) is 0 Å². The largest absolute Gasteiger partial charge is 0.399 e. The number of anilines is 2. The van der Waals surface area contributed by atoms with E-state index in [1.807, 2.05) is 6.92 Å². The number of nitrogens with two attached hydrogens (primary N) is 1. The van der Waals surface area contributed by atoms with E-state index in [2.05, 4.69) is 10.6 Å². The molecule has 0 aliphatic rings. The van der Waals surface area contributed by atoms with Crippen molar-refractivity contribution in [2.24, 2.45) is 0 Å². The first kappa shape index (κ1) is 13.3. The third-order valence-electron chi connectivity index (χ3n) is 2.17. The molecule has 0 heterocycles. The zero-order valence-electron chi connectivity index (χ0n) is 9.92. The summed E-state index contributed by atoms with van der Waals surface area (Å²) in [7, 11) is 0. The Morgan fingerprint density at radius 3 is 2.76 bits per heavy atom. The van der Waals surface area contributed by atoms with Gasteiger partial charge in [0.1, 0.15) is 5.82 Å². The lowest BCUT2D eigenvalue weighted by atomic mass is 10.2. The Morgan fingerprint density at radius 1 is 1.35 bits per heavy atom. The van der Waals surface area contributed by atoms with Gasteiger partial charge in [0.25, 0.3) is 0 Å². The predicted molar refractivity (Wildman–Crippen MR) is 67.2 cm³/mol. The van der Waals surface area contributed by atoms with Crippen molar-refractivity contribution in [3.05, 3.63) is 24.0 Å². The third-order valence-corrected chi connectivity index (χ3v) is 2.17. The van der Waals surface area contributed by atoms with Gasteiger partial charge in [0, 0.05) is 30.9 Å². The highest BCUT2D eigenvalue weighted by Crippen LogP contribution is 2.15. The van der Waals surface area contributed by atoms with Crippen LogP contribution in [0.3, 0.4) is 0 Å². The highest BCUT2D eigenvalue weighted by Gasteiger charge is 2.01. The standard InChI is InChI=1S/C12H18FN3O/c1-2-4-16-12(17)3-5-15-11-7-9(13)6-10(14)8-11/h6-8,15H,2-5,14H2,1H3,(H,16,17). The number of amides is 1. The molecule has 4 nitrogen and oxygen atoms in total. The molecular weight excluding hydrogens is 221 g/mol. The molecular formula is C12H18FN3O. The van der Waals surface area contributed by atoms with Crippen molar-refractivity contribution < 1.29 is 9.18 Å². The number of benzene rings is 1. The van der Waals surface area contributed by atoms with Gasteiger partial charge < -0.3 is 16.4 Å². The molecule has 0 spiro atoms. The second-order valence-electron chi connectivity index (χ2n) is 3.80. The SMILES string of the molecule is CCCNC(=O)CCNc1cc(N)cc(F)c1. The molecule has 5 heteroatoms. The molecule has 94 valence electrons. The lowest BCUT2D eigenvalue weighted by Gasteiger charge is -2.07. The number of carbonyl (C=O) groups is 1. The molecule has 0 aliphatic carbocycles. The Hall–Kier alpha value is -1.78. The molecule has 0 aliphatic heterocycles. The van der Waals surface area contributed by atoms with Gasteiger partial charge in [0.15, 0.2) is 0 Å². The molecule has 1 aromatic rings. The van der Waals surface area contributed by atoms with Gasteiger partial charge in [-0.05, 0) is 24.6 Å². The second kappa shape index (κ2) is 6.73. The van der Waals surface area contributed by atoms with E-state index in [1.54, 1.807) is 6.07 Å². The molecule has 0 aromatic heterocycles. The lowest BCUT2D eigenvalue weighted by molar-refractivity contribution is -0.120. The van der Waals surface area contributed by atoms with E-state index in [9.17, 15) is 9.18 Å². The maximum Gasteiger partial charge on any atom is 0.221 e. The van der Waals surface area contributed by atoms with Crippen LogP contribution < -0.4 is 16.4 Å². The molecule has 0 unspecified atom stereocenters. The average Bonchev–Trinajstić information content (AvgIpc) is 2.25. The van der Waals surface area contributed by atoms with E-state index in [-0.39, 0.29) is 11.7 Å². The Morgan fingerprint density at radius 2 is 2.12 bits per heavy atom. The highest BCUT2D eigenvalue weighted by molar-refractivity contribution is 5.76. The summed E-state index contributed by atoms with van der Waals surface area (Å²) < 4.78 is 13.0. The molecule has 0 saturated heterocycles. The van der Waals surface area contributed by atoms with E-state index in [0.717, 1.165) is 6.42 Å². The van der Waals surface area contributed by atoms with E-state index in [4.69, 9.17) is 5.73 Å². The van der Waals surface area contributed by atoms with Crippen LogP contribution in [0.25, 0.3) is 0 Å². The zero-order valence-corrected chi connectivity index (χ0v) is 9.92. The van der Waals surface area contributed by atoms with Crippen molar-refractivity contribution in [3.8, 4) is 0 Å². The van der Waals surface area contributed by atoms with Crippen LogP contribution in [0.4, 0.5) is 15.8 Å². The monoisotopic (exact) mass is 239 g/mol. The number of rotatable bonds is 6. The maximum absolute atomic E-state index is 13.0. The highest BCUT2D eigenvalue weighted by atomic mass is 19.1. The van der Waals surface area contributed by atoms with E-state index in [1.165, 1.54) is 12.1 Å². The summed E-state index contributed by atoms with van der Waals surface area (Å²) in [5.74, 6) is -0.397. The molecule has 1 amide bonds. The Balaban J connectivity index is 2.33. The van der Waals surface area contributed by atoms with Gasteiger partial charge in [-0.1, -0.05) is 6.92 Å². The van der Waals surface area contributed by atoms with Crippen molar-refractivity contribution >= 4 is 17.3 Å². The van der Waals surface area contributed by atoms with E-state index in [0.29, 0.717) is 30.9 Å². The smallest absolute Gasteiger partial charge is 0.221 e. The van der Waals surface area contributed by atoms with Gasteiger partial charge in [-0.3, -0.25) is 4.79 Å². The third kappa shape index (κ3) is 5.19. The minimum atomic E-state index is -0.386. The first-order chi connectivity index (χ1) is 8.11. The fourth-order valence-corrected chi connectivity index (χ4v) is 1.39. The van der Waals surface area contributed by atoms with Gasteiger partial charge in [-0.2, -0.15) is 0 Å². The molecule has 0 saturated carbocycles. The fraction of sp³-hybridized carbons (Fsp3) is 0.417. The topological polar surface area (TPSA) is 67.2 Å². The summed E-state index contributed by atoms with van der Waals surface area (Å²) in [5, 5.41) is 5.72. The summed E-state index contributed by atoms with van der Waals surface area (Å²) in [5.41, 5.74) is 6.45. The summed E-state index contributed by atoms with van der Waals surface area (Å²) in [6.07, 6.45) is 1.27. The molecule has 0 bridgehead atoms. The Kier molecular flexibility index (Phi) is 5.26. The molecule has 4 N–H and O–H groups in total. The number of halogens is 1. The molecule has 0 radical (unpaired) electrons. The van der Waals surface area contributed by atoms with Crippen LogP contribution >= 0.6 is 0 Å². The molecule has 1 aromatic carbocycles. The lowest BCUT2D eigenvalue weighted by Crippen LogP contribution is -2.25. The van der Waals surface area contributed by atoms with Crippen LogP contribution in [-0.4, -0.2) is 19.0 Å². The predicted octanol–water partition coefficient (Wildman–Crippen LogP) is 1.74. The van der Waals surface area contributed by atoms with E-state index >= 15 is 0 Å². The van der Waals surface area contributed by atoms with Crippen LogP contribution in [0.5, 0.6) is 0 Å². The number of carbonyl (C=O) groups excluding carboxylic acids is 1. The van der Waals surface area contributed by atoms with Gasteiger partial charge in [0.2, 0.25) is 5.91 Å². The number of nitrogen functional groups attached to an aromatic ring is 1. The summed E-state index contributed by atoms with van der Waals surface area (Å²) in [4.78, 5) is 11.3. The van der Waals surface area contributed by atoms with Gasteiger partial charge in [0.05, 0.1) is 0 Å². The normalized spacial score (nSPS) is 10.0. The number of hydrogen-bond donors (Lipinski definition) is 3. The van der Waals surface area contributed by atoms with Crippen LogP contribution in [0, 0.1) is 5.82 Å². The molecule has 0 fully saturated rings. The van der Waals surface area contributed by atoms with Crippen LogP contribution in [-0.2, 0) is 4.79 Å². The molecule has 0 atom stereocenters. The van der Waals surface area contributed by atoms with Crippen LogP contribution in [0.2, 0.25) is 0 Å². The van der Waals surface area contributed by atoms with Crippen LogP contribution in [0.1, 0.15) is 19.8 Å². The van der Waals surface area contributed by atoms with Gasteiger partial charge in [-0.15, -0.1) is 0 Å². The Labute approximate surface area is 100 Å². The first-order valence-corrected chi connectivity index (χ1v) is 5.68. The van der Waals surface area contributed by atoms with Crippen molar-refractivity contribution in [1.29, 1.82) is 0 Å². The fourth-order valence-electron chi connectivity index (χ4n) is 1.39. The Bertz CT molecular complexity index is 362. The average molecular weight is 239 g/mol. The van der Waals surface area contributed by atoms with Gasteiger partial charge >= 0.3 is 0 Å². The van der Waals surface area contributed by atoms with E-state index < -0.39 is 0 Å². The summed E-state index contributed by atoms with van der Waals surface area (Å²) in [6.45, 7) is 3.14. The first-order valence-electron chi connectivity index (χ1n) is 5.68. The van der Waals surface area contributed by atoms with Crippen molar-refractivity contribution in [1.82, 2.24) is 5.32 Å². The quantitative estimate of drug-likeness (QED) is 0.662. The minimum Gasteiger partial charge on any atom is -0.399 e. The zero-order chi connectivity index (χ0) is 12.7. The second-order valence-corrected chi connectivity index (χ2v) is 3.80. The van der Waals surface area contributed by atoms with Crippen LogP contribution in [0.15, 0.2) is 18.2 Å². The molecule has 1 rings (SSSR count). The van der Waals surface area contributed by atoms with Crippen molar-refractivity contribution in [2.45, 2.75) is 19.8 Å². The molecule has 17 heavy (non-hydrogen) atoms. The van der Waals surface area contributed by atoms with Crippen molar-refractivity contribution in [2.75, 3.05) is 24.1 Å². The number of hydrogen-bond acceptors (Lipinski definition) is 3. The maximum atomic E-state index is 13.0.